The normalized spacial score (nSPS) is 19.8. The van der Waals surface area contributed by atoms with Crippen LogP contribution >= 0.6 is 0 Å². The zero-order valence-corrected chi connectivity index (χ0v) is 21.3. The molecule has 1 fully saturated rings. The molecule has 8 heteroatoms. The van der Waals surface area contributed by atoms with E-state index in [-0.39, 0.29) is 25.5 Å². The van der Waals surface area contributed by atoms with Crippen molar-refractivity contribution in [2.45, 2.75) is 56.8 Å². The van der Waals surface area contributed by atoms with Crippen LogP contribution in [0.25, 0.3) is 0 Å². The maximum absolute atomic E-state index is 13.9. The highest BCUT2D eigenvalue weighted by Gasteiger charge is 2.52. The Kier molecular flexibility index (Phi) is 8.95. The summed E-state index contributed by atoms with van der Waals surface area (Å²) >= 11 is 0. The van der Waals surface area contributed by atoms with Crippen LogP contribution in [0.3, 0.4) is 0 Å². The van der Waals surface area contributed by atoms with E-state index in [1.807, 2.05) is 42.5 Å². The van der Waals surface area contributed by atoms with Gasteiger partial charge in [-0.3, -0.25) is 4.90 Å². The lowest BCUT2D eigenvalue weighted by Gasteiger charge is -2.51. The Bertz CT molecular complexity index is 1250. The van der Waals surface area contributed by atoms with Gasteiger partial charge in [-0.2, -0.15) is 5.26 Å². The molecule has 38 heavy (non-hydrogen) atoms. The summed E-state index contributed by atoms with van der Waals surface area (Å²) in [5, 5.41) is 20.6. The molecule has 0 bridgehead atoms. The van der Waals surface area contributed by atoms with Crippen LogP contribution in [0, 0.1) is 17.1 Å². The monoisotopic (exact) mass is 518 g/mol. The molecule has 0 spiro atoms. The van der Waals surface area contributed by atoms with Crippen molar-refractivity contribution >= 4 is 6.09 Å². The van der Waals surface area contributed by atoms with E-state index in [9.17, 15) is 19.6 Å². The van der Waals surface area contributed by atoms with Gasteiger partial charge in [-0.05, 0) is 48.6 Å². The topological polar surface area (TPSA) is 92.0 Å². The Morgan fingerprint density at radius 3 is 2.50 bits per heavy atom. The highest BCUT2D eigenvalue weighted by Crippen LogP contribution is 2.45. The molecule has 0 aliphatic carbocycles. The van der Waals surface area contributed by atoms with Crippen LogP contribution in [-0.2, 0) is 22.7 Å². The number of methoxy groups -OCH3 is 1. The van der Waals surface area contributed by atoms with Gasteiger partial charge in [0.25, 0.3) is 0 Å². The molecule has 1 saturated heterocycles. The number of carbonyl (C=O) groups is 1. The van der Waals surface area contributed by atoms with Crippen molar-refractivity contribution in [3.8, 4) is 11.8 Å². The van der Waals surface area contributed by atoms with E-state index in [1.165, 1.54) is 18.1 Å². The fourth-order valence-corrected chi connectivity index (χ4v) is 5.00. The minimum Gasteiger partial charge on any atom is -0.489 e. The van der Waals surface area contributed by atoms with Crippen LogP contribution in [0.5, 0.6) is 5.75 Å². The summed E-state index contributed by atoms with van der Waals surface area (Å²) < 4.78 is 30.7. The number of piperidine rings is 1. The second-order valence-electron chi connectivity index (χ2n) is 9.29. The first-order valence-corrected chi connectivity index (χ1v) is 12.5. The quantitative estimate of drug-likeness (QED) is 0.356. The van der Waals surface area contributed by atoms with Crippen molar-refractivity contribution in [1.29, 1.82) is 5.26 Å². The van der Waals surface area contributed by atoms with Gasteiger partial charge in [-0.1, -0.05) is 60.7 Å². The standard InChI is InChI=1S/C30H31FN2O5/c1-36-28(34)30(18-19-32)17-7-12-27(33(30)29(35)38-20-22-8-3-2-4-9-22)23-13-15-25(16-14-23)37-21-24-10-5-6-11-26(24)31/h2-6,8-11,13-16,27-28,34H,7,12,17-18,20-21H2,1H3/t27-,28?,30-/m0/s1. The molecule has 4 rings (SSSR count). The van der Waals surface area contributed by atoms with Crippen LogP contribution in [0.2, 0.25) is 0 Å². The minimum atomic E-state index is -1.38. The Labute approximate surface area is 222 Å². The maximum Gasteiger partial charge on any atom is 0.411 e. The van der Waals surface area contributed by atoms with E-state index in [4.69, 9.17) is 14.2 Å². The van der Waals surface area contributed by atoms with Gasteiger partial charge in [-0.25, -0.2) is 9.18 Å². The number of carbonyl (C=O) groups excluding carboxylic acids is 1. The number of likely N-dealkylation sites (tertiary alicyclic amines) is 1. The van der Waals surface area contributed by atoms with E-state index in [0.29, 0.717) is 30.6 Å². The van der Waals surface area contributed by atoms with Crippen LogP contribution in [0.1, 0.15) is 48.4 Å². The zero-order valence-electron chi connectivity index (χ0n) is 21.3. The number of aliphatic hydroxyl groups excluding tert-OH is 1. The molecule has 7 nitrogen and oxygen atoms in total. The zero-order chi connectivity index (χ0) is 27.0. The molecule has 0 aromatic heterocycles. The summed E-state index contributed by atoms with van der Waals surface area (Å²) in [6.07, 6.45) is -0.471. The van der Waals surface area contributed by atoms with Gasteiger partial charge in [0.15, 0.2) is 6.29 Å². The molecule has 1 heterocycles. The summed E-state index contributed by atoms with van der Waals surface area (Å²) in [5.74, 6) is 0.216. The SMILES string of the molecule is COC(O)[C@@]1(CC#N)CCC[C@@H](c2ccc(OCc3ccccc3F)cc2)N1C(=O)OCc1ccccc1. The molecule has 0 radical (unpaired) electrons. The van der Waals surface area contributed by atoms with Crippen molar-refractivity contribution in [2.24, 2.45) is 0 Å². The Hall–Kier alpha value is -3.93. The molecular formula is C30H31FN2O5. The van der Waals surface area contributed by atoms with Crippen LogP contribution in [0.15, 0.2) is 78.9 Å². The van der Waals surface area contributed by atoms with Gasteiger partial charge in [0.2, 0.25) is 0 Å². The van der Waals surface area contributed by atoms with Gasteiger partial charge in [0.05, 0.1) is 18.5 Å². The number of halogens is 1. The van der Waals surface area contributed by atoms with Gasteiger partial charge in [-0.15, -0.1) is 0 Å². The van der Waals surface area contributed by atoms with Gasteiger partial charge in [0, 0.05) is 12.7 Å². The third-order valence-corrected chi connectivity index (χ3v) is 6.97. The number of ether oxygens (including phenoxy) is 3. The molecule has 3 atom stereocenters. The summed E-state index contributed by atoms with van der Waals surface area (Å²) in [7, 11) is 1.35. The van der Waals surface area contributed by atoms with Crippen LogP contribution < -0.4 is 4.74 Å². The third-order valence-electron chi connectivity index (χ3n) is 6.97. The second kappa shape index (κ2) is 12.5. The number of rotatable bonds is 9. The summed E-state index contributed by atoms with van der Waals surface area (Å²) in [4.78, 5) is 15.1. The number of amides is 1. The lowest BCUT2D eigenvalue weighted by atomic mass is 9.79. The number of hydrogen-bond acceptors (Lipinski definition) is 6. The largest absolute Gasteiger partial charge is 0.489 e. The molecule has 1 unspecified atom stereocenters. The molecular weight excluding hydrogens is 487 g/mol. The van der Waals surface area contributed by atoms with Gasteiger partial charge < -0.3 is 19.3 Å². The van der Waals surface area contributed by atoms with Crippen LogP contribution in [0.4, 0.5) is 9.18 Å². The number of nitriles is 1. The number of benzene rings is 3. The average molecular weight is 519 g/mol. The van der Waals surface area contributed by atoms with Crippen molar-refractivity contribution in [3.63, 3.8) is 0 Å². The molecule has 3 aromatic rings. The summed E-state index contributed by atoms with van der Waals surface area (Å²) in [5.41, 5.74) is 0.792. The van der Waals surface area contributed by atoms with Crippen LogP contribution in [-0.4, -0.2) is 35.0 Å². The molecule has 1 amide bonds. The molecule has 1 aliphatic heterocycles. The van der Waals surface area contributed by atoms with E-state index in [1.54, 1.807) is 30.3 Å². The predicted molar refractivity (Wildman–Crippen MR) is 138 cm³/mol. The fourth-order valence-electron chi connectivity index (χ4n) is 5.00. The van der Waals surface area contributed by atoms with Crippen molar-refractivity contribution in [2.75, 3.05) is 7.11 Å². The Balaban J connectivity index is 1.59. The molecule has 1 N–H and O–H groups in total. The lowest BCUT2D eigenvalue weighted by Crippen LogP contribution is -2.62. The Morgan fingerprint density at radius 2 is 1.82 bits per heavy atom. The number of nitrogens with zero attached hydrogens (tertiary/aromatic N) is 2. The first kappa shape index (κ1) is 27.1. The van der Waals surface area contributed by atoms with Crippen molar-refractivity contribution in [3.05, 3.63) is 101 Å². The Morgan fingerprint density at radius 1 is 1.11 bits per heavy atom. The van der Waals surface area contributed by atoms with Gasteiger partial charge >= 0.3 is 6.09 Å². The number of aliphatic hydroxyl groups is 1. The highest BCUT2D eigenvalue weighted by atomic mass is 19.1. The van der Waals surface area contributed by atoms with E-state index < -0.39 is 24.0 Å². The van der Waals surface area contributed by atoms with Crippen molar-refractivity contribution < 1.29 is 28.5 Å². The second-order valence-corrected chi connectivity index (χ2v) is 9.29. The first-order chi connectivity index (χ1) is 18.5. The van der Waals surface area contributed by atoms with E-state index in [2.05, 4.69) is 6.07 Å². The fraction of sp³-hybridized carbons (Fsp3) is 0.333. The smallest absolute Gasteiger partial charge is 0.411 e. The molecule has 198 valence electrons. The predicted octanol–water partition coefficient (Wildman–Crippen LogP) is 5.89. The maximum atomic E-state index is 13.9. The number of hydrogen-bond donors (Lipinski definition) is 1. The van der Waals surface area contributed by atoms with E-state index >= 15 is 0 Å². The average Bonchev–Trinajstić information content (AvgIpc) is 2.96. The first-order valence-electron chi connectivity index (χ1n) is 12.5. The molecule has 1 aliphatic rings. The molecule has 3 aromatic carbocycles. The van der Waals surface area contributed by atoms with E-state index in [0.717, 1.165) is 11.1 Å². The highest BCUT2D eigenvalue weighted by molar-refractivity contribution is 5.70. The van der Waals surface area contributed by atoms with Crippen molar-refractivity contribution in [1.82, 2.24) is 4.90 Å². The lowest BCUT2D eigenvalue weighted by molar-refractivity contribution is -0.184. The molecule has 0 saturated carbocycles. The van der Waals surface area contributed by atoms with Gasteiger partial charge in [0.1, 0.15) is 30.3 Å². The summed E-state index contributed by atoms with van der Waals surface area (Å²) in [6.45, 7) is 0.135. The summed E-state index contributed by atoms with van der Waals surface area (Å²) in [6, 6.07) is 24.6. The minimum absolute atomic E-state index is 0.0530. The third kappa shape index (κ3) is 5.96.